The summed E-state index contributed by atoms with van der Waals surface area (Å²) in [5.74, 6) is -1.07. The molecule has 2 rings (SSSR count). The van der Waals surface area contributed by atoms with Gasteiger partial charge < -0.3 is 20.7 Å². The van der Waals surface area contributed by atoms with Crippen LogP contribution >= 0.6 is 0 Å². The number of amides is 2. The summed E-state index contributed by atoms with van der Waals surface area (Å²) >= 11 is 0. The van der Waals surface area contributed by atoms with Crippen molar-refractivity contribution in [1.29, 1.82) is 0 Å². The Morgan fingerprint density at radius 1 is 1.33 bits per heavy atom. The Bertz CT molecular complexity index is 559. The molecule has 112 valence electrons. The van der Waals surface area contributed by atoms with E-state index in [2.05, 4.69) is 20.7 Å². The van der Waals surface area contributed by atoms with Gasteiger partial charge in [0, 0.05) is 13.1 Å². The standard InChI is InChI=1S/C14H17N3O4/c1-21-14(20)9-4-2-3-5-10(9)17-12(18)8-11-13(19)16-7-6-15-11/h2-5,11,15H,6-8H2,1H3,(H,16,19)(H,17,18)/t11-/m1/s1. The van der Waals surface area contributed by atoms with Crippen molar-refractivity contribution in [3.63, 3.8) is 0 Å². The van der Waals surface area contributed by atoms with E-state index in [0.29, 0.717) is 18.8 Å². The molecule has 1 aromatic rings. The van der Waals surface area contributed by atoms with Gasteiger partial charge >= 0.3 is 5.97 Å². The molecular formula is C14H17N3O4. The van der Waals surface area contributed by atoms with Gasteiger partial charge in [0.25, 0.3) is 0 Å². The highest BCUT2D eigenvalue weighted by Crippen LogP contribution is 2.16. The molecule has 0 radical (unpaired) electrons. The number of esters is 1. The van der Waals surface area contributed by atoms with Crippen molar-refractivity contribution < 1.29 is 19.1 Å². The lowest BCUT2D eigenvalue weighted by Crippen LogP contribution is -2.53. The van der Waals surface area contributed by atoms with Gasteiger partial charge in [0.05, 0.1) is 30.8 Å². The number of carbonyl (C=O) groups is 3. The summed E-state index contributed by atoms with van der Waals surface area (Å²) in [6, 6.07) is 6.00. The van der Waals surface area contributed by atoms with Crippen LogP contribution in [0.25, 0.3) is 0 Å². The van der Waals surface area contributed by atoms with Gasteiger partial charge in [-0.05, 0) is 12.1 Å². The van der Waals surface area contributed by atoms with Crippen LogP contribution in [0.15, 0.2) is 24.3 Å². The van der Waals surface area contributed by atoms with Crippen molar-refractivity contribution in [1.82, 2.24) is 10.6 Å². The maximum Gasteiger partial charge on any atom is 0.339 e. The normalized spacial score (nSPS) is 17.8. The van der Waals surface area contributed by atoms with Gasteiger partial charge in [-0.25, -0.2) is 4.79 Å². The number of nitrogens with one attached hydrogen (secondary N) is 3. The number of anilines is 1. The van der Waals surface area contributed by atoms with E-state index in [0.717, 1.165) is 0 Å². The predicted molar refractivity (Wildman–Crippen MR) is 75.8 cm³/mol. The van der Waals surface area contributed by atoms with Gasteiger partial charge in [-0.2, -0.15) is 0 Å². The van der Waals surface area contributed by atoms with E-state index in [4.69, 9.17) is 0 Å². The summed E-state index contributed by atoms with van der Waals surface area (Å²) in [5, 5.41) is 8.29. The number of hydrogen-bond donors (Lipinski definition) is 3. The summed E-state index contributed by atoms with van der Waals surface area (Å²) in [5.41, 5.74) is 0.639. The zero-order chi connectivity index (χ0) is 15.2. The molecule has 0 aromatic heterocycles. The first kappa shape index (κ1) is 15.0. The van der Waals surface area contributed by atoms with Crippen LogP contribution in [-0.4, -0.2) is 44.0 Å². The lowest BCUT2D eigenvalue weighted by molar-refractivity contribution is -0.127. The van der Waals surface area contributed by atoms with E-state index >= 15 is 0 Å². The quantitative estimate of drug-likeness (QED) is 0.673. The van der Waals surface area contributed by atoms with Crippen molar-refractivity contribution in [2.24, 2.45) is 0 Å². The SMILES string of the molecule is COC(=O)c1ccccc1NC(=O)C[C@H]1NCCNC1=O. The van der Waals surface area contributed by atoms with E-state index in [-0.39, 0.29) is 23.8 Å². The van der Waals surface area contributed by atoms with Crippen LogP contribution in [0.1, 0.15) is 16.8 Å². The van der Waals surface area contributed by atoms with E-state index in [1.54, 1.807) is 24.3 Å². The van der Waals surface area contributed by atoms with Crippen LogP contribution in [0.2, 0.25) is 0 Å². The van der Waals surface area contributed by atoms with Crippen LogP contribution in [0.5, 0.6) is 0 Å². The Balaban J connectivity index is 2.02. The highest BCUT2D eigenvalue weighted by Gasteiger charge is 2.24. The molecule has 0 saturated carbocycles. The van der Waals surface area contributed by atoms with Crippen LogP contribution in [0, 0.1) is 0 Å². The molecule has 0 bridgehead atoms. The minimum atomic E-state index is -0.552. The smallest absolute Gasteiger partial charge is 0.339 e. The van der Waals surface area contributed by atoms with Gasteiger partial charge in [-0.15, -0.1) is 0 Å². The monoisotopic (exact) mass is 291 g/mol. The van der Waals surface area contributed by atoms with Crippen LogP contribution in [-0.2, 0) is 14.3 Å². The predicted octanol–water partition coefficient (Wildman–Crippen LogP) is -0.110. The van der Waals surface area contributed by atoms with Crippen LogP contribution in [0.4, 0.5) is 5.69 Å². The number of methoxy groups -OCH3 is 1. The lowest BCUT2D eigenvalue weighted by Gasteiger charge is -2.23. The number of carbonyl (C=O) groups excluding carboxylic acids is 3. The van der Waals surface area contributed by atoms with Gasteiger partial charge in [0.15, 0.2) is 0 Å². The van der Waals surface area contributed by atoms with Crippen molar-refractivity contribution in [2.45, 2.75) is 12.5 Å². The Kier molecular flexibility index (Phi) is 4.89. The number of para-hydroxylation sites is 1. The van der Waals surface area contributed by atoms with E-state index < -0.39 is 12.0 Å². The summed E-state index contributed by atoms with van der Waals surface area (Å²) in [6.07, 6.45) is 0.00133. The minimum Gasteiger partial charge on any atom is -0.465 e. The molecule has 3 N–H and O–H groups in total. The maximum absolute atomic E-state index is 12.0. The molecule has 7 heteroatoms. The first-order chi connectivity index (χ1) is 10.1. The first-order valence-corrected chi connectivity index (χ1v) is 6.60. The zero-order valence-corrected chi connectivity index (χ0v) is 11.6. The molecule has 2 amide bonds. The number of rotatable bonds is 4. The van der Waals surface area contributed by atoms with Crippen molar-refractivity contribution in [3.8, 4) is 0 Å². The fourth-order valence-corrected chi connectivity index (χ4v) is 2.08. The molecule has 1 heterocycles. The molecule has 1 aromatic carbocycles. The first-order valence-electron chi connectivity index (χ1n) is 6.60. The number of ether oxygens (including phenoxy) is 1. The highest BCUT2D eigenvalue weighted by molar-refractivity contribution is 6.02. The molecule has 0 spiro atoms. The van der Waals surface area contributed by atoms with Gasteiger partial charge in [-0.3, -0.25) is 9.59 Å². The average Bonchev–Trinajstić information content (AvgIpc) is 2.49. The number of hydrogen-bond acceptors (Lipinski definition) is 5. The third-order valence-corrected chi connectivity index (χ3v) is 3.13. The lowest BCUT2D eigenvalue weighted by atomic mass is 10.1. The van der Waals surface area contributed by atoms with Gasteiger partial charge in [0.1, 0.15) is 0 Å². The van der Waals surface area contributed by atoms with Gasteiger partial charge in [0.2, 0.25) is 11.8 Å². The molecule has 21 heavy (non-hydrogen) atoms. The van der Waals surface area contributed by atoms with Crippen molar-refractivity contribution >= 4 is 23.5 Å². The average molecular weight is 291 g/mol. The Labute approximate surface area is 122 Å². The number of piperazine rings is 1. The topological polar surface area (TPSA) is 96.5 Å². The van der Waals surface area contributed by atoms with E-state index in [9.17, 15) is 14.4 Å². The minimum absolute atomic E-state index is 0.00133. The molecular weight excluding hydrogens is 274 g/mol. The summed E-state index contributed by atoms with van der Waals surface area (Å²) in [4.78, 5) is 35.2. The molecule has 7 nitrogen and oxygen atoms in total. The van der Waals surface area contributed by atoms with Crippen molar-refractivity contribution in [2.75, 3.05) is 25.5 Å². The summed E-state index contributed by atoms with van der Waals surface area (Å²) in [6.45, 7) is 1.19. The Morgan fingerprint density at radius 2 is 2.10 bits per heavy atom. The largest absolute Gasteiger partial charge is 0.465 e. The molecule has 0 unspecified atom stereocenters. The molecule has 1 atom stereocenters. The second-order valence-electron chi connectivity index (χ2n) is 4.59. The zero-order valence-electron chi connectivity index (χ0n) is 11.6. The van der Waals surface area contributed by atoms with Crippen LogP contribution < -0.4 is 16.0 Å². The molecule has 1 aliphatic heterocycles. The molecule has 0 aliphatic carbocycles. The third kappa shape index (κ3) is 3.79. The fourth-order valence-electron chi connectivity index (χ4n) is 2.08. The molecule has 1 saturated heterocycles. The fraction of sp³-hybridized carbons (Fsp3) is 0.357. The van der Waals surface area contributed by atoms with E-state index in [1.807, 2.05) is 0 Å². The molecule has 1 aliphatic rings. The number of benzene rings is 1. The molecule has 1 fully saturated rings. The third-order valence-electron chi connectivity index (χ3n) is 3.13. The Hall–Kier alpha value is -2.41. The van der Waals surface area contributed by atoms with Crippen molar-refractivity contribution in [3.05, 3.63) is 29.8 Å². The summed E-state index contributed by atoms with van der Waals surface area (Å²) in [7, 11) is 1.28. The van der Waals surface area contributed by atoms with Crippen LogP contribution in [0.3, 0.4) is 0 Å². The maximum atomic E-state index is 12.0. The second kappa shape index (κ2) is 6.85. The highest BCUT2D eigenvalue weighted by atomic mass is 16.5. The van der Waals surface area contributed by atoms with E-state index in [1.165, 1.54) is 7.11 Å². The second-order valence-corrected chi connectivity index (χ2v) is 4.59. The summed E-state index contributed by atoms with van der Waals surface area (Å²) < 4.78 is 4.66. The Morgan fingerprint density at radius 3 is 2.81 bits per heavy atom. The van der Waals surface area contributed by atoms with Gasteiger partial charge in [-0.1, -0.05) is 12.1 Å².